The molecule has 9 nitrogen and oxygen atoms in total. The summed E-state index contributed by atoms with van der Waals surface area (Å²) in [7, 11) is 0. The second-order valence-electron chi connectivity index (χ2n) is 9.45. The molecule has 0 saturated heterocycles. The molecule has 0 aliphatic carbocycles. The number of Topliss-reactive ketones (excluding diaryl/α,β-unsaturated/α-hetero) is 1. The van der Waals surface area contributed by atoms with Crippen molar-refractivity contribution in [2.24, 2.45) is 0 Å². The number of para-hydroxylation sites is 1. The number of aromatic amines is 1. The molecule has 0 saturated carbocycles. The van der Waals surface area contributed by atoms with Crippen LogP contribution in [0.2, 0.25) is 0 Å². The van der Waals surface area contributed by atoms with Crippen LogP contribution in [0.15, 0.2) is 77.9 Å². The Bertz CT molecular complexity index is 1710. The molecule has 0 spiro atoms. The first-order chi connectivity index (χ1) is 19.8. The fraction of sp³-hybridized carbons (Fsp3) is 0.241. The Hall–Kier alpha value is -4.87. The van der Waals surface area contributed by atoms with Crippen molar-refractivity contribution < 1.29 is 18.0 Å². The van der Waals surface area contributed by atoms with E-state index in [1.54, 1.807) is 23.0 Å². The number of imidazole rings is 1. The topological polar surface area (TPSA) is 111 Å². The van der Waals surface area contributed by atoms with Gasteiger partial charge in [0.15, 0.2) is 0 Å². The van der Waals surface area contributed by atoms with Crippen LogP contribution >= 0.6 is 0 Å². The van der Waals surface area contributed by atoms with Gasteiger partial charge in [-0.3, -0.25) is 18.9 Å². The molecule has 0 fully saturated rings. The number of hydrogen-bond donors (Lipinski definition) is 1. The molecule has 5 rings (SSSR count). The zero-order chi connectivity index (χ0) is 29.0. The molecule has 0 aliphatic rings. The first-order valence-corrected chi connectivity index (χ1v) is 13.1. The van der Waals surface area contributed by atoms with E-state index < -0.39 is 23.2 Å². The van der Waals surface area contributed by atoms with Gasteiger partial charge in [-0.1, -0.05) is 49.7 Å². The summed E-state index contributed by atoms with van der Waals surface area (Å²) in [5.74, 6) is -1.56. The minimum atomic E-state index is -5.05. The summed E-state index contributed by atoms with van der Waals surface area (Å²) in [6, 6.07) is 16.7. The van der Waals surface area contributed by atoms with Crippen molar-refractivity contribution in [3.8, 4) is 28.3 Å². The van der Waals surface area contributed by atoms with Crippen LogP contribution in [0, 0.1) is 0 Å². The number of rotatable bonds is 10. The van der Waals surface area contributed by atoms with Crippen LogP contribution in [0.1, 0.15) is 41.4 Å². The minimum Gasteiger partial charge on any atom is -0.296 e. The van der Waals surface area contributed by atoms with E-state index in [2.05, 4.69) is 25.6 Å². The van der Waals surface area contributed by atoms with E-state index in [1.165, 1.54) is 18.2 Å². The molecule has 2 aromatic carbocycles. The largest absolute Gasteiger partial charge is 0.454 e. The van der Waals surface area contributed by atoms with Crippen LogP contribution in [-0.2, 0) is 19.4 Å². The van der Waals surface area contributed by atoms with Gasteiger partial charge < -0.3 is 0 Å². The van der Waals surface area contributed by atoms with E-state index in [-0.39, 0.29) is 5.69 Å². The maximum absolute atomic E-state index is 13.5. The van der Waals surface area contributed by atoms with Gasteiger partial charge in [-0.25, -0.2) is 4.79 Å². The maximum Gasteiger partial charge on any atom is 0.454 e. The summed E-state index contributed by atoms with van der Waals surface area (Å²) in [6.07, 6.45) is 0.933. The number of ketones is 1. The van der Waals surface area contributed by atoms with Gasteiger partial charge in [-0.15, -0.1) is 10.2 Å². The highest BCUT2D eigenvalue weighted by molar-refractivity contribution is 6.03. The van der Waals surface area contributed by atoms with Crippen LogP contribution < -0.4 is 5.69 Å². The predicted octanol–water partition coefficient (Wildman–Crippen LogP) is 5.21. The van der Waals surface area contributed by atoms with Gasteiger partial charge in [0.2, 0.25) is 5.82 Å². The van der Waals surface area contributed by atoms with E-state index in [9.17, 15) is 22.8 Å². The molecule has 1 N–H and O–H groups in total. The molecular weight excluding hydrogens is 535 g/mol. The number of aryl methyl sites for hydroxylation is 2. The summed E-state index contributed by atoms with van der Waals surface area (Å²) in [5, 5.41) is 14.2. The number of benzene rings is 2. The molecule has 3 heterocycles. The number of H-pyrrole nitrogens is 1. The quantitative estimate of drug-likeness (QED) is 0.234. The normalized spacial score (nSPS) is 11.6. The fourth-order valence-electron chi connectivity index (χ4n) is 4.69. The zero-order valence-electron chi connectivity index (χ0n) is 22.1. The molecule has 0 aliphatic heterocycles. The Kier molecular flexibility index (Phi) is 7.90. The third-order valence-electron chi connectivity index (χ3n) is 6.76. The summed E-state index contributed by atoms with van der Waals surface area (Å²) < 4.78 is 42.5. The molecule has 0 atom stereocenters. The number of carbonyl (C=O) groups is 1. The average Bonchev–Trinajstić information content (AvgIpc) is 3.63. The van der Waals surface area contributed by atoms with E-state index in [4.69, 9.17) is 0 Å². The number of tetrazole rings is 1. The molecule has 0 radical (unpaired) electrons. The SMILES string of the molecule is CCCCc1cn(-c2ccccc2C(=O)C(F)(F)F)c(=O)n1CCc1ccc(-c2ncccc2-c2nn[nH]n2)cc1. The Morgan fingerprint density at radius 2 is 1.78 bits per heavy atom. The summed E-state index contributed by atoms with van der Waals surface area (Å²) in [5.41, 5.74) is 2.79. The van der Waals surface area contributed by atoms with E-state index >= 15 is 0 Å². The highest BCUT2D eigenvalue weighted by atomic mass is 19.4. The number of hydrogen-bond acceptors (Lipinski definition) is 6. The van der Waals surface area contributed by atoms with E-state index in [1.807, 2.05) is 37.3 Å². The highest BCUT2D eigenvalue weighted by Crippen LogP contribution is 2.28. The van der Waals surface area contributed by atoms with Gasteiger partial charge in [0.25, 0.3) is 5.78 Å². The summed E-state index contributed by atoms with van der Waals surface area (Å²) in [4.78, 5) is 30.1. The molecule has 41 heavy (non-hydrogen) atoms. The second-order valence-corrected chi connectivity index (χ2v) is 9.45. The van der Waals surface area contributed by atoms with Crippen molar-refractivity contribution in [3.63, 3.8) is 0 Å². The number of halogens is 3. The van der Waals surface area contributed by atoms with Crippen LogP contribution in [0.25, 0.3) is 28.3 Å². The first kappa shape index (κ1) is 27.7. The maximum atomic E-state index is 13.5. The Labute approximate surface area is 232 Å². The number of nitrogens with one attached hydrogen (secondary N) is 1. The lowest BCUT2D eigenvalue weighted by Crippen LogP contribution is -2.28. The molecule has 0 amide bonds. The summed E-state index contributed by atoms with van der Waals surface area (Å²) >= 11 is 0. The number of carbonyl (C=O) groups excluding carboxylic acids is 1. The molecule has 0 unspecified atom stereocenters. The van der Waals surface area contributed by atoms with Crippen molar-refractivity contribution >= 4 is 5.78 Å². The minimum absolute atomic E-state index is 0.0894. The molecular formula is C29H26F3N7O2. The Balaban J connectivity index is 1.42. The Morgan fingerprint density at radius 3 is 2.49 bits per heavy atom. The standard InChI is InChI=1S/C29H26F3N7O2/c1-2-3-7-21-18-39(24-10-5-4-8-22(24)26(40)29(30,31)32)28(41)38(21)17-15-19-11-13-20(14-12-19)25-23(9-6-16-33-25)27-34-36-37-35-27/h4-6,8-14,16,18H,2-3,7,15,17H2,1H3,(H,34,35,36,37). The smallest absolute Gasteiger partial charge is 0.296 e. The third-order valence-corrected chi connectivity index (χ3v) is 6.76. The average molecular weight is 562 g/mol. The highest BCUT2D eigenvalue weighted by Gasteiger charge is 2.40. The van der Waals surface area contributed by atoms with Crippen LogP contribution in [0.5, 0.6) is 0 Å². The van der Waals surface area contributed by atoms with E-state index in [0.29, 0.717) is 36.6 Å². The van der Waals surface area contributed by atoms with Gasteiger partial charge in [0.1, 0.15) is 0 Å². The lowest BCUT2D eigenvalue weighted by molar-refractivity contribution is -0.0885. The third kappa shape index (κ3) is 5.86. The monoisotopic (exact) mass is 561 g/mol. The van der Waals surface area contributed by atoms with Crippen LogP contribution in [-0.4, -0.2) is 46.7 Å². The number of alkyl halides is 3. The molecule has 12 heteroatoms. The Morgan fingerprint density at radius 1 is 1.00 bits per heavy atom. The van der Waals surface area contributed by atoms with Gasteiger partial charge in [-0.05, 0) is 54.3 Å². The van der Waals surface area contributed by atoms with Crippen molar-refractivity contribution in [1.82, 2.24) is 34.7 Å². The first-order valence-electron chi connectivity index (χ1n) is 13.1. The van der Waals surface area contributed by atoms with Gasteiger partial charge in [-0.2, -0.15) is 18.4 Å². The van der Waals surface area contributed by atoms with Crippen molar-refractivity contribution in [2.45, 2.75) is 45.3 Å². The second kappa shape index (κ2) is 11.7. The van der Waals surface area contributed by atoms with Crippen molar-refractivity contribution in [2.75, 3.05) is 0 Å². The molecule has 0 bridgehead atoms. The van der Waals surface area contributed by atoms with Crippen molar-refractivity contribution in [1.29, 1.82) is 0 Å². The van der Waals surface area contributed by atoms with Gasteiger partial charge in [0.05, 0.1) is 16.9 Å². The molecule has 3 aromatic heterocycles. The zero-order valence-corrected chi connectivity index (χ0v) is 22.1. The number of aromatic nitrogens is 7. The number of nitrogens with zero attached hydrogens (tertiary/aromatic N) is 6. The van der Waals surface area contributed by atoms with Gasteiger partial charge >= 0.3 is 11.9 Å². The lowest BCUT2D eigenvalue weighted by Gasteiger charge is -2.11. The van der Waals surface area contributed by atoms with E-state index in [0.717, 1.165) is 40.2 Å². The lowest BCUT2D eigenvalue weighted by atomic mass is 10.0. The fourth-order valence-corrected chi connectivity index (χ4v) is 4.69. The van der Waals surface area contributed by atoms with Crippen LogP contribution in [0.3, 0.4) is 0 Å². The van der Waals surface area contributed by atoms with Crippen LogP contribution in [0.4, 0.5) is 13.2 Å². The summed E-state index contributed by atoms with van der Waals surface area (Å²) in [6.45, 7) is 2.33. The predicted molar refractivity (Wildman–Crippen MR) is 146 cm³/mol. The number of unbranched alkanes of at least 4 members (excludes halogenated alkanes) is 1. The van der Waals surface area contributed by atoms with Crippen molar-refractivity contribution in [3.05, 3.63) is 100 Å². The molecule has 5 aromatic rings. The molecule has 210 valence electrons. The van der Waals surface area contributed by atoms with Gasteiger partial charge in [0, 0.05) is 35.8 Å². The number of pyridine rings is 1.